The van der Waals surface area contributed by atoms with Gasteiger partial charge in [0.2, 0.25) is 0 Å². The number of allylic oxidation sites excluding steroid dienone is 1. The zero-order valence-electron chi connectivity index (χ0n) is 11.8. The molecule has 96 valence electrons. The van der Waals surface area contributed by atoms with Crippen LogP contribution in [0, 0.1) is 10.8 Å². The molecule has 1 atom stereocenters. The summed E-state index contributed by atoms with van der Waals surface area (Å²) in [6, 6.07) is 0. The first-order chi connectivity index (χ1) is 7.46. The fourth-order valence-corrected chi connectivity index (χ4v) is 2.21. The molecule has 0 amide bonds. The summed E-state index contributed by atoms with van der Waals surface area (Å²) >= 11 is 0. The molecule has 0 saturated carbocycles. The lowest BCUT2D eigenvalue weighted by atomic mass is 9.71. The molecule has 0 aliphatic heterocycles. The van der Waals surface area contributed by atoms with Gasteiger partial charge in [0.1, 0.15) is 5.76 Å². The largest absolute Gasteiger partial charge is 0.507 e. The van der Waals surface area contributed by atoms with E-state index in [2.05, 4.69) is 6.58 Å². The molecule has 0 heterocycles. The van der Waals surface area contributed by atoms with Gasteiger partial charge in [0.05, 0.1) is 6.10 Å². The van der Waals surface area contributed by atoms with Gasteiger partial charge in [-0.25, -0.2) is 0 Å². The predicted octanol–water partition coefficient (Wildman–Crippen LogP) is 3.75. The minimum absolute atomic E-state index is 0.192. The molecular weight excluding hydrogens is 212 g/mol. The quantitative estimate of drug-likeness (QED) is 0.672. The van der Waals surface area contributed by atoms with Gasteiger partial charge in [0.25, 0.3) is 0 Å². The zero-order chi connectivity index (χ0) is 13.6. The van der Waals surface area contributed by atoms with E-state index >= 15 is 0 Å². The van der Waals surface area contributed by atoms with Crippen LogP contribution in [0.4, 0.5) is 0 Å². The van der Waals surface area contributed by atoms with Crippen molar-refractivity contribution in [3.05, 3.63) is 35.1 Å². The number of rotatable bonds is 0. The third kappa shape index (κ3) is 2.63. The van der Waals surface area contributed by atoms with Gasteiger partial charge in [-0.05, 0) is 28.1 Å². The van der Waals surface area contributed by atoms with Crippen LogP contribution in [-0.4, -0.2) is 16.3 Å². The van der Waals surface area contributed by atoms with Crippen molar-refractivity contribution in [2.45, 2.75) is 47.6 Å². The van der Waals surface area contributed by atoms with Gasteiger partial charge in [0.15, 0.2) is 0 Å². The Labute approximate surface area is 104 Å². The third-order valence-corrected chi connectivity index (χ3v) is 3.05. The number of aliphatic hydroxyl groups excluding tert-OH is 2. The minimum Gasteiger partial charge on any atom is -0.507 e. The first-order valence-corrected chi connectivity index (χ1v) is 6.00. The van der Waals surface area contributed by atoms with Crippen molar-refractivity contribution >= 4 is 0 Å². The topological polar surface area (TPSA) is 40.5 Å². The highest BCUT2D eigenvalue weighted by atomic mass is 16.3. The van der Waals surface area contributed by atoms with E-state index in [1.165, 1.54) is 0 Å². The molecule has 0 aromatic carbocycles. The van der Waals surface area contributed by atoms with Gasteiger partial charge in [-0.15, -0.1) is 0 Å². The monoisotopic (exact) mass is 236 g/mol. The van der Waals surface area contributed by atoms with Crippen LogP contribution < -0.4 is 0 Å². The van der Waals surface area contributed by atoms with Gasteiger partial charge in [-0.1, -0.05) is 48.1 Å². The molecule has 0 radical (unpaired) electrons. The molecule has 0 aromatic heterocycles. The smallest absolute Gasteiger partial charge is 0.123 e. The Balaban J connectivity index is 3.44. The van der Waals surface area contributed by atoms with Gasteiger partial charge in [-0.2, -0.15) is 0 Å². The van der Waals surface area contributed by atoms with Crippen molar-refractivity contribution in [2.24, 2.45) is 10.8 Å². The number of hydrogen-bond acceptors (Lipinski definition) is 2. The van der Waals surface area contributed by atoms with Crippen molar-refractivity contribution in [1.82, 2.24) is 0 Å². The van der Waals surface area contributed by atoms with Crippen molar-refractivity contribution in [3.8, 4) is 0 Å². The molecule has 2 N–H and O–H groups in total. The second-order valence-corrected chi connectivity index (χ2v) is 6.77. The fraction of sp³-hybridized carbons (Fsp3) is 0.600. The summed E-state index contributed by atoms with van der Waals surface area (Å²) < 4.78 is 0. The van der Waals surface area contributed by atoms with E-state index in [9.17, 15) is 10.2 Å². The summed E-state index contributed by atoms with van der Waals surface area (Å²) in [4.78, 5) is 0. The summed E-state index contributed by atoms with van der Waals surface area (Å²) in [5.74, 6) is 0.278. The molecule has 2 nitrogen and oxygen atoms in total. The van der Waals surface area contributed by atoms with E-state index in [4.69, 9.17) is 0 Å². The van der Waals surface area contributed by atoms with E-state index in [1.54, 1.807) is 6.08 Å². The fourth-order valence-electron chi connectivity index (χ4n) is 2.21. The summed E-state index contributed by atoms with van der Waals surface area (Å²) in [5, 5.41) is 20.5. The lowest BCUT2D eigenvalue weighted by molar-refractivity contribution is 0.240. The Morgan fingerprint density at radius 3 is 1.88 bits per heavy atom. The van der Waals surface area contributed by atoms with Gasteiger partial charge >= 0.3 is 0 Å². The van der Waals surface area contributed by atoms with Crippen molar-refractivity contribution < 1.29 is 10.2 Å². The molecule has 0 saturated heterocycles. The third-order valence-electron chi connectivity index (χ3n) is 3.05. The lowest BCUT2D eigenvalue weighted by Crippen LogP contribution is -2.28. The Bertz CT molecular complexity index is 398. The second-order valence-electron chi connectivity index (χ2n) is 6.77. The molecule has 0 fully saturated rings. The zero-order valence-corrected chi connectivity index (χ0v) is 11.8. The molecule has 0 bridgehead atoms. The van der Waals surface area contributed by atoms with E-state index in [0.717, 1.165) is 11.1 Å². The van der Waals surface area contributed by atoms with Crippen LogP contribution in [0.2, 0.25) is 0 Å². The Hall–Kier alpha value is -1.02. The molecule has 1 aliphatic rings. The minimum atomic E-state index is -0.700. The highest BCUT2D eigenvalue weighted by Crippen LogP contribution is 2.43. The van der Waals surface area contributed by atoms with Crippen molar-refractivity contribution in [1.29, 1.82) is 0 Å². The van der Waals surface area contributed by atoms with Crippen molar-refractivity contribution in [2.75, 3.05) is 0 Å². The normalized spacial score (nSPS) is 22.9. The van der Waals surface area contributed by atoms with Gasteiger partial charge < -0.3 is 10.2 Å². The van der Waals surface area contributed by atoms with Gasteiger partial charge in [-0.3, -0.25) is 0 Å². The molecular formula is C15H24O2. The highest BCUT2D eigenvalue weighted by Gasteiger charge is 2.35. The molecule has 2 heteroatoms. The van der Waals surface area contributed by atoms with E-state index in [1.807, 2.05) is 41.5 Å². The van der Waals surface area contributed by atoms with Crippen LogP contribution in [0.15, 0.2) is 35.1 Å². The van der Waals surface area contributed by atoms with Crippen LogP contribution in [0.25, 0.3) is 0 Å². The standard InChI is InChI=1S/C15H24O2/c1-9-11(16)8-10(14(2,3)4)13(17)12(9)15(5,6)7/h8,11,16-17H,1H2,2-7H3. The van der Waals surface area contributed by atoms with Gasteiger partial charge in [0, 0.05) is 5.57 Å². The average molecular weight is 236 g/mol. The van der Waals surface area contributed by atoms with Crippen LogP contribution in [0.1, 0.15) is 41.5 Å². The van der Waals surface area contributed by atoms with Crippen LogP contribution in [-0.2, 0) is 0 Å². The van der Waals surface area contributed by atoms with E-state index < -0.39 is 6.10 Å². The van der Waals surface area contributed by atoms with Crippen LogP contribution in [0.5, 0.6) is 0 Å². The molecule has 0 aromatic rings. The van der Waals surface area contributed by atoms with Crippen LogP contribution >= 0.6 is 0 Å². The summed E-state index contributed by atoms with van der Waals surface area (Å²) in [6.07, 6.45) is 1.00. The predicted molar refractivity (Wildman–Crippen MR) is 71.8 cm³/mol. The maximum atomic E-state index is 10.4. The van der Waals surface area contributed by atoms with Crippen molar-refractivity contribution in [3.63, 3.8) is 0 Å². The molecule has 1 aliphatic carbocycles. The lowest BCUT2D eigenvalue weighted by Gasteiger charge is -2.35. The molecule has 1 rings (SSSR count). The second kappa shape index (κ2) is 4.02. The Morgan fingerprint density at radius 1 is 1.06 bits per heavy atom. The maximum Gasteiger partial charge on any atom is 0.123 e. The number of aliphatic hydroxyl groups is 2. The van der Waals surface area contributed by atoms with E-state index in [0.29, 0.717) is 5.57 Å². The summed E-state index contributed by atoms with van der Waals surface area (Å²) in [6.45, 7) is 16.0. The molecule has 1 unspecified atom stereocenters. The SMILES string of the molecule is C=C1C(C(C)(C)C)=C(O)C(C(C)(C)C)=CC1O. The maximum absolute atomic E-state index is 10.4. The number of hydrogen-bond donors (Lipinski definition) is 2. The van der Waals surface area contributed by atoms with E-state index in [-0.39, 0.29) is 16.6 Å². The average Bonchev–Trinajstić information content (AvgIpc) is 2.07. The van der Waals surface area contributed by atoms with Crippen LogP contribution in [0.3, 0.4) is 0 Å². The first-order valence-electron chi connectivity index (χ1n) is 6.00. The Kier molecular flexibility index (Phi) is 3.32. The summed E-state index contributed by atoms with van der Waals surface area (Å²) in [5.41, 5.74) is 1.73. The first kappa shape index (κ1) is 14.0. The highest BCUT2D eigenvalue weighted by molar-refractivity contribution is 5.52. The molecule has 0 spiro atoms. The summed E-state index contributed by atoms with van der Waals surface area (Å²) in [7, 11) is 0. The molecule has 17 heavy (non-hydrogen) atoms. The Morgan fingerprint density at radius 2 is 1.53 bits per heavy atom.